The molecule has 0 amide bonds. The van der Waals surface area contributed by atoms with Gasteiger partial charge in [-0.3, -0.25) is 4.79 Å². The first-order valence-electron chi connectivity index (χ1n) is 8.51. The Morgan fingerprint density at radius 2 is 2.17 bits per heavy atom. The van der Waals surface area contributed by atoms with Crippen LogP contribution in [0.15, 0.2) is 18.2 Å². The van der Waals surface area contributed by atoms with E-state index in [1.165, 1.54) is 11.1 Å². The van der Waals surface area contributed by atoms with Gasteiger partial charge in [0.05, 0.1) is 18.8 Å². The number of likely N-dealkylation sites (tertiary alicyclic amines) is 1. The molecule has 2 bridgehead atoms. The number of nitrogens with zero attached hydrogens (tertiary/aromatic N) is 2. The van der Waals surface area contributed by atoms with Gasteiger partial charge >= 0.3 is 0 Å². The topological polar surface area (TPSA) is 62.6 Å². The highest BCUT2D eigenvalue weighted by Crippen LogP contribution is 2.59. The minimum atomic E-state index is -0.478. The van der Waals surface area contributed by atoms with Crippen LogP contribution in [-0.2, 0) is 21.4 Å². The molecule has 2 aliphatic carbocycles. The van der Waals surface area contributed by atoms with Crippen LogP contribution >= 0.6 is 0 Å². The van der Waals surface area contributed by atoms with Gasteiger partial charge in [-0.25, -0.2) is 0 Å². The Kier molecular flexibility index (Phi) is 3.36. The van der Waals surface area contributed by atoms with Crippen molar-refractivity contribution in [2.24, 2.45) is 0 Å². The average molecular weight is 326 g/mol. The van der Waals surface area contributed by atoms with E-state index in [0.717, 1.165) is 18.6 Å². The molecule has 1 saturated heterocycles. The van der Waals surface area contributed by atoms with Crippen LogP contribution in [0.4, 0.5) is 0 Å². The van der Waals surface area contributed by atoms with Crippen molar-refractivity contribution in [3.63, 3.8) is 0 Å². The number of hydrogen-bond acceptors (Lipinski definition) is 5. The summed E-state index contributed by atoms with van der Waals surface area (Å²) in [6.07, 6.45) is 5.60. The van der Waals surface area contributed by atoms with E-state index < -0.39 is 5.60 Å². The molecular weight excluding hydrogens is 304 g/mol. The third-order valence-electron chi connectivity index (χ3n) is 6.52. The summed E-state index contributed by atoms with van der Waals surface area (Å²) in [6, 6.07) is 6.13. The van der Waals surface area contributed by atoms with Crippen LogP contribution in [0.2, 0.25) is 0 Å². The van der Waals surface area contributed by atoms with E-state index in [-0.39, 0.29) is 11.5 Å². The first kappa shape index (κ1) is 15.5. The van der Waals surface area contributed by atoms with E-state index in [1.807, 2.05) is 11.0 Å². The second-order valence-corrected chi connectivity index (χ2v) is 7.18. The largest absolute Gasteiger partial charge is 0.497 e. The highest BCUT2D eigenvalue weighted by molar-refractivity contribution is 5.82. The molecule has 5 nitrogen and oxygen atoms in total. The first-order valence-corrected chi connectivity index (χ1v) is 8.51. The Morgan fingerprint density at radius 1 is 1.33 bits per heavy atom. The lowest BCUT2D eigenvalue weighted by atomic mass is 9.49. The summed E-state index contributed by atoms with van der Waals surface area (Å²) >= 11 is 0. The monoisotopic (exact) mass is 326 g/mol. The molecule has 1 saturated carbocycles. The summed E-state index contributed by atoms with van der Waals surface area (Å²) in [5, 5.41) is 9.62. The van der Waals surface area contributed by atoms with Crippen molar-refractivity contribution in [2.45, 2.75) is 49.2 Å². The predicted molar refractivity (Wildman–Crippen MR) is 87.7 cm³/mol. The number of nitriles is 1. The summed E-state index contributed by atoms with van der Waals surface area (Å²) in [5.41, 5.74) is 1.57. The maximum absolute atomic E-state index is 12.4. The van der Waals surface area contributed by atoms with Crippen molar-refractivity contribution >= 4 is 5.78 Å². The Hall–Kier alpha value is -2.06. The molecule has 3 atom stereocenters. The summed E-state index contributed by atoms with van der Waals surface area (Å²) in [6.45, 7) is 0.677. The summed E-state index contributed by atoms with van der Waals surface area (Å²) < 4.78 is 11.6. The van der Waals surface area contributed by atoms with E-state index in [4.69, 9.17) is 9.47 Å². The number of ketones is 1. The molecule has 1 aliphatic heterocycles. The van der Waals surface area contributed by atoms with Crippen molar-refractivity contribution in [3.05, 3.63) is 29.3 Å². The maximum Gasteiger partial charge on any atom is 0.179 e. The van der Waals surface area contributed by atoms with Gasteiger partial charge in [0.2, 0.25) is 0 Å². The van der Waals surface area contributed by atoms with Gasteiger partial charge in [0.25, 0.3) is 0 Å². The molecular formula is C19H22N2O3. The normalized spacial score (nSPS) is 34.1. The number of ether oxygens (including phenoxy) is 2. The number of carbonyl (C=O) groups is 1. The number of rotatable bonds is 2. The summed E-state index contributed by atoms with van der Waals surface area (Å²) in [7, 11) is 3.41. The molecule has 0 N–H and O–H groups in total. The van der Waals surface area contributed by atoms with Crippen molar-refractivity contribution in [2.75, 3.05) is 20.8 Å². The van der Waals surface area contributed by atoms with Crippen LogP contribution in [0, 0.1) is 11.5 Å². The van der Waals surface area contributed by atoms with Gasteiger partial charge in [0.15, 0.2) is 6.19 Å². The second-order valence-electron chi connectivity index (χ2n) is 7.18. The average Bonchev–Trinajstić information content (AvgIpc) is 2.61. The highest BCUT2D eigenvalue weighted by Gasteiger charge is 2.66. The fourth-order valence-electron chi connectivity index (χ4n) is 5.44. The third kappa shape index (κ3) is 1.75. The van der Waals surface area contributed by atoms with Gasteiger partial charge < -0.3 is 14.4 Å². The second kappa shape index (κ2) is 5.22. The molecule has 1 aromatic carbocycles. The van der Waals surface area contributed by atoms with Gasteiger partial charge in [-0.05, 0) is 42.5 Å². The van der Waals surface area contributed by atoms with Crippen LogP contribution in [0.5, 0.6) is 5.75 Å². The SMILES string of the molecule is COc1ccc2c(c1)[C@]13CCN(C#N)[C@H](C2)[C@]1(OC)CCC(=O)C3. The molecule has 0 spiro atoms. The van der Waals surface area contributed by atoms with Crippen LogP contribution in [0.25, 0.3) is 0 Å². The molecule has 0 aromatic heterocycles. The molecule has 0 radical (unpaired) electrons. The number of piperidine rings is 1. The fraction of sp³-hybridized carbons (Fsp3) is 0.579. The lowest BCUT2D eigenvalue weighted by Gasteiger charge is -2.63. The van der Waals surface area contributed by atoms with Crippen molar-refractivity contribution in [1.29, 1.82) is 5.26 Å². The fourth-order valence-corrected chi connectivity index (χ4v) is 5.44. The molecule has 126 valence electrons. The lowest BCUT2D eigenvalue weighted by molar-refractivity contribution is -0.178. The number of Topliss-reactive ketones (excluding diaryl/α,β-unsaturated/α-hetero) is 1. The van der Waals surface area contributed by atoms with Gasteiger partial charge in [-0.1, -0.05) is 6.07 Å². The molecule has 4 rings (SSSR count). The Balaban J connectivity index is 1.98. The van der Waals surface area contributed by atoms with E-state index in [0.29, 0.717) is 31.6 Å². The van der Waals surface area contributed by atoms with Crippen LogP contribution in [0.3, 0.4) is 0 Å². The molecule has 0 unspecified atom stereocenters. The van der Waals surface area contributed by atoms with Crippen molar-refractivity contribution in [1.82, 2.24) is 4.90 Å². The zero-order valence-corrected chi connectivity index (χ0v) is 14.2. The van der Waals surface area contributed by atoms with E-state index in [9.17, 15) is 10.1 Å². The number of carbonyl (C=O) groups excluding carboxylic acids is 1. The maximum atomic E-state index is 12.4. The van der Waals surface area contributed by atoms with E-state index in [1.54, 1.807) is 14.2 Å². The molecule has 1 aromatic rings. The van der Waals surface area contributed by atoms with Gasteiger partial charge in [-0.15, -0.1) is 0 Å². The van der Waals surface area contributed by atoms with E-state index in [2.05, 4.69) is 18.3 Å². The molecule has 1 heterocycles. The Morgan fingerprint density at radius 3 is 2.88 bits per heavy atom. The van der Waals surface area contributed by atoms with Gasteiger partial charge in [-0.2, -0.15) is 5.26 Å². The number of benzene rings is 1. The highest BCUT2D eigenvalue weighted by atomic mass is 16.5. The number of methoxy groups -OCH3 is 2. The third-order valence-corrected chi connectivity index (χ3v) is 6.52. The minimum Gasteiger partial charge on any atom is -0.497 e. The smallest absolute Gasteiger partial charge is 0.179 e. The minimum absolute atomic E-state index is 0.00440. The Bertz CT molecular complexity index is 741. The number of fused-ring (bicyclic) bond motifs is 1. The van der Waals surface area contributed by atoms with Crippen molar-refractivity contribution < 1.29 is 14.3 Å². The Labute approximate surface area is 142 Å². The van der Waals surface area contributed by atoms with Crippen LogP contribution < -0.4 is 4.74 Å². The zero-order chi connectivity index (χ0) is 16.9. The van der Waals surface area contributed by atoms with Crippen LogP contribution in [0.1, 0.15) is 36.8 Å². The predicted octanol–water partition coefficient (Wildman–Crippen LogP) is 2.18. The van der Waals surface area contributed by atoms with Crippen LogP contribution in [-0.4, -0.2) is 43.1 Å². The summed E-state index contributed by atoms with van der Waals surface area (Å²) in [5.74, 6) is 1.11. The van der Waals surface area contributed by atoms with Gasteiger partial charge in [0.1, 0.15) is 11.5 Å². The molecule has 3 aliphatic rings. The quantitative estimate of drug-likeness (QED) is 0.780. The standard InChI is InChI=1S/C19H22N2O3/c1-23-15-4-3-13-9-17-19(24-2)6-5-14(22)11-18(19,16(13)10-15)7-8-21(17)12-20/h3-4,10,17H,5-9,11H2,1-2H3/t17-,18-,19-/m1/s1. The molecule has 5 heteroatoms. The van der Waals surface area contributed by atoms with Gasteiger partial charge in [0, 0.05) is 31.9 Å². The van der Waals surface area contributed by atoms with E-state index >= 15 is 0 Å². The molecule has 24 heavy (non-hydrogen) atoms. The zero-order valence-electron chi connectivity index (χ0n) is 14.2. The first-order chi connectivity index (χ1) is 11.6. The number of hydrogen-bond donors (Lipinski definition) is 0. The summed E-state index contributed by atoms with van der Waals surface area (Å²) in [4.78, 5) is 14.3. The lowest BCUT2D eigenvalue weighted by Crippen LogP contribution is -2.73. The van der Waals surface area contributed by atoms with Crippen molar-refractivity contribution in [3.8, 4) is 11.9 Å². The molecule has 2 fully saturated rings.